The summed E-state index contributed by atoms with van der Waals surface area (Å²) in [7, 11) is 3.35. The summed E-state index contributed by atoms with van der Waals surface area (Å²) in [5.74, 6) is 0.00673. The van der Waals surface area contributed by atoms with Crippen molar-refractivity contribution in [2.45, 2.75) is 70.5 Å². The molecule has 12 nitrogen and oxygen atoms in total. The number of rotatable bonds is 13. The Balaban J connectivity index is 1.19. The number of benzene rings is 2. The molecule has 1 aliphatic carbocycles. The Bertz CT molecular complexity index is 1560. The van der Waals surface area contributed by atoms with Gasteiger partial charge in [0.05, 0.1) is 7.11 Å². The Morgan fingerprint density at radius 1 is 0.878 bits per heavy atom. The van der Waals surface area contributed by atoms with Crippen LogP contribution >= 0.6 is 0 Å². The van der Waals surface area contributed by atoms with Gasteiger partial charge in [-0.05, 0) is 60.2 Å². The lowest BCUT2D eigenvalue weighted by atomic mass is 9.83. The number of anilines is 1. The number of piperazine rings is 1. The van der Waals surface area contributed by atoms with Gasteiger partial charge in [-0.1, -0.05) is 50.5 Å². The van der Waals surface area contributed by atoms with Crippen molar-refractivity contribution < 1.29 is 23.9 Å². The highest BCUT2D eigenvalue weighted by atomic mass is 16.5. The average molecular weight is 672 g/mol. The van der Waals surface area contributed by atoms with E-state index >= 15 is 0 Å². The molecule has 12 heteroatoms. The Labute approximate surface area is 288 Å². The van der Waals surface area contributed by atoms with Gasteiger partial charge in [0.2, 0.25) is 17.7 Å². The maximum Gasteiger partial charge on any atom is 0.270 e. The van der Waals surface area contributed by atoms with Crippen LogP contribution in [0.5, 0.6) is 5.75 Å². The summed E-state index contributed by atoms with van der Waals surface area (Å²) in [4.78, 5) is 56.9. The molecule has 2 unspecified atom stereocenters. The van der Waals surface area contributed by atoms with E-state index in [0.717, 1.165) is 63.1 Å². The first-order valence-corrected chi connectivity index (χ1v) is 17.4. The van der Waals surface area contributed by atoms with Gasteiger partial charge in [-0.3, -0.25) is 28.8 Å². The number of nitrogens with zero attached hydrogens (tertiary/aromatic N) is 4. The first-order valence-electron chi connectivity index (χ1n) is 17.4. The Morgan fingerprint density at radius 3 is 2.16 bits per heavy atom. The van der Waals surface area contributed by atoms with Crippen molar-refractivity contribution in [3.63, 3.8) is 0 Å². The van der Waals surface area contributed by atoms with Gasteiger partial charge in [-0.15, -0.1) is 0 Å². The highest BCUT2D eigenvalue weighted by Crippen LogP contribution is 2.28. The molecule has 1 saturated heterocycles. The third-order valence-corrected chi connectivity index (χ3v) is 9.61. The minimum Gasteiger partial charge on any atom is -0.497 e. The van der Waals surface area contributed by atoms with Gasteiger partial charge in [0.25, 0.3) is 5.91 Å². The predicted octanol–water partition coefficient (Wildman–Crippen LogP) is 3.53. The summed E-state index contributed by atoms with van der Waals surface area (Å²) in [5.41, 5.74) is 3.04. The fourth-order valence-electron chi connectivity index (χ4n) is 6.69. The molecule has 0 spiro atoms. The topological polar surface area (TPSA) is 138 Å². The molecule has 1 aliphatic heterocycles. The number of amides is 4. The van der Waals surface area contributed by atoms with Crippen molar-refractivity contribution in [3.8, 4) is 5.75 Å². The smallest absolute Gasteiger partial charge is 0.270 e. The molecular formula is C37H49N7O5. The van der Waals surface area contributed by atoms with Crippen molar-refractivity contribution in [3.05, 3.63) is 77.6 Å². The molecule has 3 N–H and O–H groups in total. The fraction of sp³-hybridized carbons (Fsp3) is 0.486. The van der Waals surface area contributed by atoms with Crippen LogP contribution in [0.2, 0.25) is 0 Å². The van der Waals surface area contributed by atoms with Gasteiger partial charge in [0.1, 0.15) is 23.5 Å². The van der Waals surface area contributed by atoms with E-state index in [0.29, 0.717) is 30.9 Å². The number of carbonyl (C=O) groups excluding carboxylic acids is 4. The molecule has 0 bridgehead atoms. The molecule has 262 valence electrons. The molecule has 1 saturated carbocycles. The lowest BCUT2D eigenvalue weighted by molar-refractivity contribution is -0.138. The number of aromatic nitrogens is 2. The summed E-state index contributed by atoms with van der Waals surface area (Å²) < 4.78 is 6.75. The van der Waals surface area contributed by atoms with Crippen LogP contribution in [0.15, 0.2) is 60.8 Å². The quantitative estimate of drug-likeness (QED) is 0.253. The molecule has 0 radical (unpaired) electrons. The molecule has 2 aromatic carbocycles. The normalized spacial score (nSPS) is 16.8. The van der Waals surface area contributed by atoms with Crippen LogP contribution < -0.4 is 20.7 Å². The molecule has 4 amide bonds. The number of nitrogens with one attached hydrogen (secondary N) is 3. The van der Waals surface area contributed by atoms with Gasteiger partial charge in [0.15, 0.2) is 0 Å². The van der Waals surface area contributed by atoms with Crippen LogP contribution in [0.4, 0.5) is 5.69 Å². The largest absolute Gasteiger partial charge is 0.497 e. The number of hydrogen-bond acceptors (Lipinski definition) is 7. The zero-order valence-electron chi connectivity index (χ0n) is 28.8. The summed E-state index contributed by atoms with van der Waals surface area (Å²) in [6.45, 7) is 5.21. The predicted molar refractivity (Wildman–Crippen MR) is 187 cm³/mol. The van der Waals surface area contributed by atoms with Crippen molar-refractivity contribution in [1.82, 2.24) is 30.2 Å². The van der Waals surface area contributed by atoms with Crippen molar-refractivity contribution in [1.29, 1.82) is 0 Å². The van der Waals surface area contributed by atoms with E-state index in [9.17, 15) is 19.2 Å². The minimum absolute atomic E-state index is 0.0449. The van der Waals surface area contributed by atoms with Crippen LogP contribution in [-0.4, -0.2) is 88.6 Å². The molecule has 2 atom stereocenters. The van der Waals surface area contributed by atoms with E-state index in [1.807, 2.05) is 29.2 Å². The molecule has 3 aromatic rings. The van der Waals surface area contributed by atoms with Gasteiger partial charge in [0, 0.05) is 64.5 Å². The molecule has 49 heavy (non-hydrogen) atoms. The third-order valence-electron chi connectivity index (χ3n) is 9.61. The van der Waals surface area contributed by atoms with E-state index in [2.05, 4.69) is 38.1 Å². The van der Waals surface area contributed by atoms with Crippen LogP contribution in [0.3, 0.4) is 0 Å². The first-order chi connectivity index (χ1) is 23.7. The van der Waals surface area contributed by atoms with E-state index in [-0.39, 0.29) is 36.0 Å². The highest BCUT2D eigenvalue weighted by molar-refractivity contribution is 6.00. The minimum atomic E-state index is -0.695. The van der Waals surface area contributed by atoms with Gasteiger partial charge < -0.3 is 25.6 Å². The SMILES string of the molecule is CCC(=O)NC(Cc1ccc(NC(=O)C(NC(=O)c2ccnn2C)C2CCCCC2)cc1)C(=O)N1CCN(Cc2ccc(OC)cc2)CC1. The summed E-state index contributed by atoms with van der Waals surface area (Å²) in [6, 6.07) is 15.6. The van der Waals surface area contributed by atoms with Crippen LogP contribution in [0, 0.1) is 5.92 Å². The maximum absolute atomic E-state index is 13.7. The van der Waals surface area contributed by atoms with Gasteiger partial charge in [-0.2, -0.15) is 5.10 Å². The van der Waals surface area contributed by atoms with Crippen LogP contribution in [0.25, 0.3) is 0 Å². The summed E-state index contributed by atoms with van der Waals surface area (Å²) >= 11 is 0. The monoisotopic (exact) mass is 671 g/mol. The van der Waals surface area contributed by atoms with Gasteiger partial charge >= 0.3 is 0 Å². The third kappa shape index (κ3) is 9.69. The second kappa shape index (κ2) is 17.1. The second-order valence-electron chi connectivity index (χ2n) is 13.0. The number of ether oxygens (including phenoxy) is 1. The number of hydrogen-bond donors (Lipinski definition) is 3. The zero-order valence-corrected chi connectivity index (χ0v) is 28.8. The molecule has 1 aromatic heterocycles. The standard InChI is InChI=1S/C37H49N7O5/c1-4-33(45)40-31(37(48)44-22-20-43(21-23-44)25-27-12-16-30(49-3)17-13-27)24-26-10-14-29(15-11-26)39-36(47)34(28-8-6-5-7-9-28)41-35(46)32-18-19-38-42(32)2/h10-19,28,31,34H,4-9,20-25H2,1-3H3,(H,39,47)(H,40,45)(H,41,46). The number of aryl methyl sites for hydroxylation is 1. The second-order valence-corrected chi connectivity index (χ2v) is 13.0. The number of methoxy groups -OCH3 is 1. The molecule has 5 rings (SSSR count). The Hall–Kier alpha value is -4.71. The Morgan fingerprint density at radius 2 is 1.55 bits per heavy atom. The molecule has 2 heterocycles. The van der Waals surface area contributed by atoms with E-state index in [1.54, 1.807) is 45.5 Å². The molecule has 2 aliphatic rings. The van der Waals surface area contributed by atoms with E-state index in [4.69, 9.17) is 4.74 Å². The fourth-order valence-corrected chi connectivity index (χ4v) is 6.69. The lowest BCUT2D eigenvalue weighted by Crippen LogP contribution is -2.55. The molecule has 2 fully saturated rings. The van der Waals surface area contributed by atoms with Crippen LogP contribution in [-0.2, 0) is 34.4 Å². The van der Waals surface area contributed by atoms with Crippen LogP contribution in [0.1, 0.15) is 67.1 Å². The maximum atomic E-state index is 13.7. The first kappa shape index (κ1) is 35.6. The lowest BCUT2D eigenvalue weighted by Gasteiger charge is -2.36. The zero-order chi connectivity index (χ0) is 34.8. The summed E-state index contributed by atoms with van der Waals surface area (Å²) in [5, 5.41) is 13.0. The van der Waals surface area contributed by atoms with E-state index < -0.39 is 12.1 Å². The Kier molecular flexibility index (Phi) is 12.4. The highest BCUT2D eigenvalue weighted by Gasteiger charge is 2.32. The average Bonchev–Trinajstić information content (AvgIpc) is 3.57. The van der Waals surface area contributed by atoms with Crippen molar-refractivity contribution >= 4 is 29.3 Å². The summed E-state index contributed by atoms with van der Waals surface area (Å²) in [6.07, 6.45) is 7.10. The van der Waals surface area contributed by atoms with E-state index in [1.165, 1.54) is 10.2 Å². The van der Waals surface area contributed by atoms with Crippen molar-refractivity contribution in [2.24, 2.45) is 13.0 Å². The van der Waals surface area contributed by atoms with Crippen molar-refractivity contribution in [2.75, 3.05) is 38.6 Å². The number of carbonyl (C=O) groups is 4. The molecular weight excluding hydrogens is 622 g/mol. The van der Waals surface area contributed by atoms with Gasteiger partial charge in [-0.25, -0.2) is 0 Å².